The van der Waals surface area contributed by atoms with Crippen LogP contribution in [-0.2, 0) is 5.60 Å². The predicted octanol–water partition coefficient (Wildman–Crippen LogP) is 3.49. The smallest absolute Gasteiger partial charge is 0.0923 e. The third-order valence-electron chi connectivity index (χ3n) is 3.67. The Hall–Kier alpha value is -1.41. The standard InChI is InChI=1S/C15H19NO/c1-14(2,3)15(4,17)13-7-5-6-11-8-9-16-10-12(11)13/h5-10,17H,1-4H3. The van der Waals surface area contributed by atoms with Gasteiger partial charge in [0.15, 0.2) is 0 Å². The van der Waals surface area contributed by atoms with E-state index in [0.29, 0.717) is 0 Å². The van der Waals surface area contributed by atoms with Gasteiger partial charge >= 0.3 is 0 Å². The molecule has 0 spiro atoms. The van der Waals surface area contributed by atoms with Gasteiger partial charge < -0.3 is 5.11 Å². The second-order valence-electron chi connectivity index (χ2n) is 5.72. The molecule has 0 bridgehead atoms. The van der Waals surface area contributed by atoms with Crippen molar-refractivity contribution in [1.82, 2.24) is 4.98 Å². The maximum atomic E-state index is 10.8. The molecule has 0 radical (unpaired) electrons. The maximum Gasteiger partial charge on any atom is 0.0923 e. The fourth-order valence-electron chi connectivity index (χ4n) is 1.94. The van der Waals surface area contributed by atoms with Crippen molar-refractivity contribution in [1.29, 1.82) is 0 Å². The Morgan fingerprint density at radius 2 is 1.76 bits per heavy atom. The first-order valence-electron chi connectivity index (χ1n) is 5.89. The molecule has 2 aromatic rings. The van der Waals surface area contributed by atoms with Gasteiger partial charge in [-0.15, -0.1) is 0 Å². The third-order valence-corrected chi connectivity index (χ3v) is 3.67. The van der Waals surface area contributed by atoms with E-state index < -0.39 is 5.60 Å². The van der Waals surface area contributed by atoms with Gasteiger partial charge in [0.1, 0.15) is 0 Å². The van der Waals surface area contributed by atoms with Gasteiger partial charge in [0.2, 0.25) is 0 Å². The minimum Gasteiger partial charge on any atom is -0.385 e. The van der Waals surface area contributed by atoms with E-state index in [9.17, 15) is 5.11 Å². The van der Waals surface area contributed by atoms with Crippen LogP contribution in [-0.4, -0.2) is 10.1 Å². The van der Waals surface area contributed by atoms with E-state index in [1.54, 1.807) is 6.20 Å². The summed E-state index contributed by atoms with van der Waals surface area (Å²) in [5.41, 5.74) is -0.164. The van der Waals surface area contributed by atoms with Gasteiger partial charge in [-0.1, -0.05) is 39.0 Å². The molecular formula is C15H19NO. The van der Waals surface area contributed by atoms with Crippen molar-refractivity contribution in [3.05, 3.63) is 42.2 Å². The lowest BCUT2D eigenvalue weighted by molar-refractivity contribution is -0.0457. The Balaban J connectivity index is 2.72. The van der Waals surface area contributed by atoms with Crippen LogP contribution in [0.3, 0.4) is 0 Å². The highest BCUT2D eigenvalue weighted by atomic mass is 16.3. The highest BCUT2D eigenvalue weighted by Crippen LogP contribution is 2.41. The highest BCUT2D eigenvalue weighted by molar-refractivity contribution is 5.85. The summed E-state index contributed by atoms with van der Waals surface area (Å²) >= 11 is 0. The number of rotatable bonds is 1. The lowest BCUT2D eigenvalue weighted by Crippen LogP contribution is -2.37. The number of fused-ring (bicyclic) bond motifs is 1. The Kier molecular flexibility index (Phi) is 2.70. The molecule has 0 aliphatic carbocycles. The normalized spacial score (nSPS) is 15.8. The number of aliphatic hydroxyl groups is 1. The summed E-state index contributed by atoms with van der Waals surface area (Å²) in [5.74, 6) is 0. The van der Waals surface area contributed by atoms with Crippen LogP contribution in [0.5, 0.6) is 0 Å². The number of benzene rings is 1. The average Bonchev–Trinajstić information content (AvgIpc) is 2.26. The number of nitrogens with zero attached hydrogens (tertiary/aromatic N) is 1. The number of hydrogen-bond acceptors (Lipinski definition) is 2. The Bertz CT molecular complexity index is 533. The SMILES string of the molecule is CC(C)(C)C(C)(O)c1cccc2ccncc12. The van der Waals surface area contributed by atoms with E-state index in [1.165, 1.54) is 0 Å². The van der Waals surface area contributed by atoms with Gasteiger partial charge in [0, 0.05) is 17.8 Å². The van der Waals surface area contributed by atoms with Crippen molar-refractivity contribution in [3.8, 4) is 0 Å². The lowest BCUT2D eigenvalue weighted by Gasteiger charge is -2.38. The zero-order valence-corrected chi connectivity index (χ0v) is 10.9. The van der Waals surface area contributed by atoms with Crippen LogP contribution in [0.25, 0.3) is 10.8 Å². The molecule has 2 heteroatoms. The molecule has 1 aromatic carbocycles. The molecule has 90 valence electrons. The summed E-state index contributed by atoms with van der Waals surface area (Å²) in [4.78, 5) is 4.16. The molecule has 1 heterocycles. The van der Waals surface area contributed by atoms with Crippen LogP contribution in [0.4, 0.5) is 0 Å². The quantitative estimate of drug-likeness (QED) is 0.812. The number of hydrogen-bond donors (Lipinski definition) is 1. The molecule has 1 N–H and O–H groups in total. The average molecular weight is 229 g/mol. The number of aromatic nitrogens is 1. The first-order chi connectivity index (χ1) is 7.84. The van der Waals surface area contributed by atoms with Crippen LogP contribution in [0.2, 0.25) is 0 Å². The molecule has 17 heavy (non-hydrogen) atoms. The molecule has 0 fully saturated rings. The van der Waals surface area contributed by atoms with E-state index in [1.807, 2.05) is 58.2 Å². The molecule has 1 unspecified atom stereocenters. The molecule has 2 rings (SSSR count). The van der Waals surface area contributed by atoms with Crippen molar-refractivity contribution in [2.24, 2.45) is 5.41 Å². The molecule has 0 aliphatic heterocycles. The first kappa shape index (κ1) is 12.1. The van der Waals surface area contributed by atoms with Gasteiger partial charge in [-0.25, -0.2) is 0 Å². The second kappa shape index (κ2) is 3.81. The Morgan fingerprint density at radius 3 is 2.41 bits per heavy atom. The van der Waals surface area contributed by atoms with Crippen LogP contribution in [0.1, 0.15) is 33.3 Å². The van der Waals surface area contributed by atoms with Gasteiger partial charge in [0.05, 0.1) is 5.60 Å². The molecule has 2 nitrogen and oxygen atoms in total. The summed E-state index contributed by atoms with van der Waals surface area (Å²) < 4.78 is 0. The topological polar surface area (TPSA) is 33.1 Å². The molecule has 0 amide bonds. The summed E-state index contributed by atoms with van der Waals surface area (Å²) in [6, 6.07) is 7.98. The van der Waals surface area contributed by atoms with Crippen LogP contribution >= 0.6 is 0 Å². The summed E-state index contributed by atoms with van der Waals surface area (Å²) in [7, 11) is 0. The van der Waals surface area contributed by atoms with Crippen molar-refractivity contribution < 1.29 is 5.11 Å². The van der Waals surface area contributed by atoms with Gasteiger partial charge in [-0.3, -0.25) is 4.98 Å². The Morgan fingerprint density at radius 1 is 1.06 bits per heavy atom. The van der Waals surface area contributed by atoms with Crippen molar-refractivity contribution in [2.45, 2.75) is 33.3 Å². The summed E-state index contributed by atoms with van der Waals surface area (Å²) in [6.07, 6.45) is 3.60. The molecule has 1 aromatic heterocycles. The van der Waals surface area contributed by atoms with Crippen LogP contribution in [0.15, 0.2) is 36.7 Å². The summed E-state index contributed by atoms with van der Waals surface area (Å²) in [6.45, 7) is 8.00. The van der Waals surface area contributed by atoms with Crippen LogP contribution < -0.4 is 0 Å². The minimum atomic E-state index is -0.879. The van der Waals surface area contributed by atoms with Crippen LogP contribution in [0, 0.1) is 5.41 Å². The van der Waals surface area contributed by atoms with Gasteiger partial charge in [-0.05, 0) is 29.4 Å². The van der Waals surface area contributed by atoms with E-state index >= 15 is 0 Å². The fourth-order valence-corrected chi connectivity index (χ4v) is 1.94. The highest BCUT2D eigenvalue weighted by Gasteiger charge is 2.37. The molecule has 0 saturated carbocycles. The predicted molar refractivity (Wildman–Crippen MR) is 70.8 cm³/mol. The first-order valence-corrected chi connectivity index (χ1v) is 5.89. The maximum absolute atomic E-state index is 10.8. The van der Waals surface area contributed by atoms with Crippen molar-refractivity contribution in [3.63, 3.8) is 0 Å². The zero-order chi connectivity index (χ0) is 12.7. The van der Waals surface area contributed by atoms with E-state index in [0.717, 1.165) is 16.3 Å². The van der Waals surface area contributed by atoms with Crippen molar-refractivity contribution in [2.75, 3.05) is 0 Å². The van der Waals surface area contributed by atoms with E-state index in [-0.39, 0.29) is 5.41 Å². The number of pyridine rings is 1. The fraction of sp³-hybridized carbons (Fsp3) is 0.400. The third kappa shape index (κ3) is 1.93. The molecular weight excluding hydrogens is 210 g/mol. The van der Waals surface area contributed by atoms with E-state index in [2.05, 4.69) is 4.98 Å². The monoisotopic (exact) mass is 229 g/mol. The molecule has 0 aliphatic rings. The zero-order valence-electron chi connectivity index (χ0n) is 10.9. The van der Waals surface area contributed by atoms with Gasteiger partial charge in [-0.2, -0.15) is 0 Å². The summed E-state index contributed by atoms with van der Waals surface area (Å²) in [5, 5.41) is 12.9. The van der Waals surface area contributed by atoms with Gasteiger partial charge in [0.25, 0.3) is 0 Å². The lowest BCUT2D eigenvalue weighted by atomic mass is 9.72. The molecule has 0 saturated heterocycles. The van der Waals surface area contributed by atoms with Crippen molar-refractivity contribution >= 4 is 10.8 Å². The largest absolute Gasteiger partial charge is 0.385 e. The van der Waals surface area contributed by atoms with E-state index in [4.69, 9.17) is 0 Å². The minimum absolute atomic E-state index is 0.225. The molecule has 1 atom stereocenters. The Labute approximate surface area is 102 Å². The second-order valence-corrected chi connectivity index (χ2v) is 5.72.